The third kappa shape index (κ3) is 4.78. The van der Waals surface area contributed by atoms with Crippen molar-refractivity contribution < 1.29 is 4.74 Å². The number of hydrogen-bond acceptors (Lipinski definition) is 3. The molecule has 1 N–H and O–H groups in total. The molecule has 0 spiro atoms. The van der Waals surface area contributed by atoms with Gasteiger partial charge in [-0.15, -0.1) is 12.6 Å². The Balaban J connectivity index is 1.65. The van der Waals surface area contributed by atoms with E-state index in [1.54, 1.807) is 6.07 Å². The highest BCUT2D eigenvalue weighted by Gasteiger charge is 2.04. The zero-order valence-electron chi connectivity index (χ0n) is 13.1. The van der Waals surface area contributed by atoms with Crippen LogP contribution in [0.2, 0.25) is 5.02 Å². The van der Waals surface area contributed by atoms with E-state index in [-0.39, 0.29) is 0 Å². The summed E-state index contributed by atoms with van der Waals surface area (Å²) in [5.74, 6) is 1.49. The van der Waals surface area contributed by atoms with Crippen LogP contribution in [0.4, 0.5) is 0 Å². The molecular weight excluding hydrogens is 338 g/mol. The molecule has 122 valence electrons. The topological polar surface area (TPSA) is 21.3 Å². The highest BCUT2D eigenvalue weighted by atomic mass is 35.5. The van der Waals surface area contributed by atoms with Crippen molar-refractivity contribution in [1.29, 1.82) is 0 Å². The highest BCUT2D eigenvalue weighted by molar-refractivity contribution is 7.80. The fraction of sp³-hybridized carbons (Fsp3) is 0.100. The number of thiol groups is 1. The molecule has 3 rings (SSSR count). The smallest absolute Gasteiger partial charge is 0.128 e. The van der Waals surface area contributed by atoms with Gasteiger partial charge in [0.05, 0.1) is 0 Å². The second-order valence-electron chi connectivity index (χ2n) is 5.44. The van der Waals surface area contributed by atoms with Gasteiger partial charge in [-0.3, -0.25) is 0 Å². The van der Waals surface area contributed by atoms with Crippen molar-refractivity contribution in [3.05, 3.63) is 88.9 Å². The third-order valence-electron chi connectivity index (χ3n) is 3.57. The Kier molecular flexibility index (Phi) is 5.81. The molecular formula is C20H18ClNOS. The lowest BCUT2D eigenvalue weighted by Crippen LogP contribution is -2.13. The zero-order valence-corrected chi connectivity index (χ0v) is 14.7. The molecule has 0 bridgehead atoms. The van der Waals surface area contributed by atoms with Crippen LogP contribution < -0.4 is 10.1 Å². The summed E-state index contributed by atoms with van der Waals surface area (Å²) in [5, 5.41) is 4.09. The molecule has 2 nitrogen and oxygen atoms in total. The van der Waals surface area contributed by atoms with E-state index in [0.29, 0.717) is 5.02 Å². The second-order valence-corrected chi connectivity index (χ2v) is 6.36. The monoisotopic (exact) mass is 355 g/mol. The van der Waals surface area contributed by atoms with Crippen LogP contribution in [0, 0.1) is 0 Å². The van der Waals surface area contributed by atoms with E-state index in [0.717, 1.165) is 35.0 Å². The molecule has 0 fully saturated rings. The lowest BCUT2D eigenvalue weighted by Gasteiger charge is -2.11. The molecule has 4 heteroatoms. The first-order chi connectivity index (χ1) is 11.7. The zero-order chi connectivity index (χ0) is 16.8. The standard InChI is InChI=1S/C20H18ClNOS/c21-17-7-4-8-18(12-17)23-19-9-10-20(24)16(11-19)14-22-13-15-5-2-1-3-6-15/h1-12,22,24H,13-14H2. The molecule has 0 aliphatic carbocycles. The first-order valence-corrected chi connectivity index (χ1v) is 8.53. The Morgan fingerprint density at radius 2 is 1.62 bits per heavy atom. The third-order valence-corrected chi connectivity index (χ3v) is 4.24. The molecule has 0 saturated carbocycles. The van der Waals surface area contributed by atoms with E-state index in [9.17, 15) is 0 Å². The lowest BCUT2D eigenvalue weighted by molar-refractivity contribution is 0.481. The molecule has 0 amide bonds. The average Bonchev–Trinajstić information content (AvgIpc) is 2.59. The van der Waals surface area contributed by atoms with Gasteiger partial charge in [-0.2, -0.15) is 0 Å². The summed E-state index contributed by atoms with van der Waals surface area (Å²) in [5.41, 5.74) is 2.35. The molecule has 24 heavy (non-hydrogen) atoms. The van der Waals surface area contributed by atoms with Crippen molar-refractivity contribution in [2.24, 2.45) is 0 Å². The molecule has 0 atom stereocenters. The van der Waals surface area contributed by atoms with E-state index in [2.05, 4.69) is 30.1 Å². The number of benzene rings is 3. The molecule has 0 unspecified atom stereocenters. The largest absolute Gasteiger partial charge is 0.457 e. The number of nitrogens with one attached hydrogen (secondary N) is 1. The SMILES string of the molecule is Sc1ccc(Oc2cccc(Cl)c2)cc1CNCc1ccccc1. The molecule has 0 saturated heterocycles. The van der Waals surface area contributed by atoms with Gasteiger partial charge in [0.15, 0.2) is 0 Å². The molecule has 3 aromatic rings. The minimum Gasteiger partial charge on any atom is -0.457 e. The summed E-state index contributed by atoms with van der Waals surface area (Å²) in [6.07, 6.45) is 0. The van der Waals surface area contributed by atoms with Crippen LogP contribution in [-0.4, -0.2) is 0 Å². The second kappa shape index (κ2) is 8.25. The van der Waals surface area contributed by atoms with Gasteiger partial charge in [0.2, 0.25) is 0 Å². The van der Waals surface area contributed by atoms with Crippen molar-refractivity contribution >= 4 is 24.2 Å². The molecule has 0 aromatic heterocycles. The van der Waals surface area contributed by atoms with Gasteiger partial charge in [0.25, 0.3) is 0 Å². The highest BCUT2D eigenvalue weighted by Crippen LogP contribution is 2.27. The number of halogens is 1. The predicted molar refractivity (Wildman–Crippen MR) is 102 cm³/mol. The summed E-state index contributed by atoms with van der Waals surface area (Å²) < 4.78 is 5.87. The minimum atomic E-state index is 0.656. The first kappa shape index (κ1) is 16.9. The van der Waals surface area contributed by atoms with E-state index in [4.69, 9.17) is 16.3 Å². The summed E-state index contributed by atoms with van der Waals surface area (Å²) in [6.45, 7) is 1.54. The van der Waals surface area contributed by atoms with E-state index in [1.165, 1.54) is 5.56 Å². The van der Waals surface area contributed by atoms with Gasteiger partial charge >= 0.3 is 0 Å². The van der Waals surface area contributed by atoms with E-state index in [1.807, 2.05) is 54.6 Å². The number of hydrogen-bond donors (Lipinski definition) is 2. The van der Waals surface area contributed by atoms with Gasteiger partial charge in [0.1, 0.15) is 11.5 Å². The molecule has 3 aromatic carbocycles. The normalized spacial score (nSPS) is 10.6. The van der Waals surface area contributed by atoms with Gasteiger partial charge in [-0.1, -0.05) is 48.0 Å². The Morgan fingerprint density at radius 3 is 2.42 bits per heavy atom. The van der Waals surface area contributed by atoms with Crippen LogP contribution in [0.1, 0.15) is 11.1 Å². The quantitative estimate of drug-likeness (QED) is 0.552. The predicted octanol–water partition coefficient (Wildman–Crippen LogP) is 5.71. The van der Waals surface area contributed by atoms with Gasteiger partial charge in [-0.25, -0.2) is 0 Å². The van der Waals surface area contributed by atoms with Gasteiger partial charge < -0.3 is 10.1 Å². The maximum Gasteiger partial charge on any atom is 0.128 e. The number of rotatable bonds is 6. The first-order valence-electron chi connectivity index (χ1n) is 7.71. The summed E-state index contributed by atoms with van der Waals surface area (Å²) in [4.78, 5) is 0.939. The fourth-order valence-corrected chi connectivity index (χ4v) is 2.77. The maximum atomic E-state index is 5.99. The minimum absolute atomic E-state index is 0.656. The number of ether oxygens (including phenoxy) is 1. The summed E-state index contributed by atoms with van der Waals surface area (Å²) in [7, 11) is 0. The lowest BCUT2D eigenvalue weighted by atomic mass is 10.2. The van der Waals surface area contributed by atoms with Crippen molar-refractivity contribution in [2.45, 2.75) is 18.0 Å². The Labute approximate surface area is 152 Å². The molecule has 0 radical (unpaired) electrons. The molecule has 0 heterocycles. The van der Waals surface area contributed by atoms with E-state index >= 15 is 0 Å². The molecule has 0 aliphatic heterocycles. The Hall–Kier alpha value is -1.94. The average molecular weight is 356 g/mol. The van der Waals surface area contributed by atoms with Crippen molar-refractivity contribution in [2.75, 3.05) is 0 Å². The van der Waals surface area contributed by atoms with Crippen molar-refractivity contribution in [3.63, 3.8) is 0 Å². The maximum absolute atomic E-state index is 5.99. The summed E-state index contributed by atoms with van der Waals surface area (Å²) >= 11 is 10.5. The van der Waals surface area contributed by atoms with E-state index < -0.39 is 0 Å². The summed E-state index contributed by atoms with van der Waals surface area (Å²) in [6, 6.07) is 23.5. The Morgan fingerprint density at radius 1 is 0.833 bits per heavy atom. The van der Waals surface area contributed by atoms with Crippen LogP contribution in [0.5, 0.6) is 11.5 Å². The van der Waals surface area contributed by atoms with Crippen LogP contribution in [0.3, 0.4) is 0 Å². The van der Waals surface area contributed by atoms with Crippen molar-refractivity contribution in [3.8, 4) is 11.5 Å². The molecule has 0 aliphatic rings. The fourth-order valence-electron chi connectivity index (χ4n) is 2.37. The van der Waals surface area contributed by atoms with Crippen LogP contribution in [-0.2, 0) is 13.1 Å². The van der Waals surface area contributed by atoms with Crippen molar-refractivity contribution in [1.82, 2.24) is 5.32 Å². The van der Waals surface area contributed by atoms with Crippen LogP contribution in [0.25, 0.3) is 0 Å². The van der Waals surface area contributed by atoms with Crippen LogP contribution in [0.15, 0.2) is 77.7 Å². The van der Waals surface area contributed by atoms with Gasteiger partial charge in [0, 0.05) is 23.0 Å². The Bertz CT molecular complexity index is 808. The van der Waals surface area contributed by atoms with Crippen LogP contribution >= 0.6 is 24.2 Å². The van der Waals surface area contributed by atoms with Gasteiger partial charge in [-0.05, 0) is 47.5 Å².